The van der Waals surface area contributed by atoms with Crippen LogP contribution in [0.4, 0.5) is 5.69 Å². The van der Waals surface area contributed by atoms with E-state index in [0.29, 0.717) is 37.7 Å². The van der Waals surface area contributed by atoms with E-state index in [-0.39, 0.29) is 29.6 Å². The lowest BCUT2D eigenvalue weighted by Gasteiger charge is -2.38. The van der Waals surface area contributed by atoms with Gasteiger partial charge in [0.05, 0.1) is 17.8 Å². The molecule has 3 amide bonds. The Hall–Kier alpha value is -3.29. The Kier molecular flexibility index (Phi) is 6.07. The van der Waals surface area contributed by atoms with Crippen molar-refractivity contribution in [1.82, 2.24) is 19.8 Å². The van der Waals surface area contributed by atoms with Gasteiger partial charge >= 0.3 is 0 Å². The van der Waals surface area contributed by atoms with E-state index in [2.05, 4.69) is 23.0 Å². The van der Waals surface area contributed by atoms with E-state index in [1.54, 1.807) is 19.3 Å². The molecular weight excluding hydrogens is 442 g/mol. The molecule has 2 saturated heterocycles. The summed E-state index contributed by atoms with van der Waals surface area (Å²) in [6, 6.07) is 6.28. The van der Waals surface area contributed by atoms with Crippen molar-refractivity contribution in [3.63, 3.8) is 0 Å². The Morgan fingerprint density at radius 1 is 1.03 bits per heavy atom. The molecule has 184 valence electrons. The molecule has 8 heteroatoms. The zero-order chi connectivity index (χ0) is 24.7. The van der Waals surface area contributed by atoms with Crippen LogP contribution in [0.1, 0.15) is 48.7 Å². The van der Waals surface area contributed by atoms with Gasteiger partial charge in [-0.2, -0.15) is 0 Å². The molecule has 1 spiro atoms. The lowest BCUT2D eigenvalue weighted by Crippen LogP contribution is -2.49. The molecule has 0 bridgehead atoms. The average molecular weight is 476 g/mol. The lowest BCUT2D eigenvalue weighted by atomic mass is 9.81. The SMILES string of the molecule is CC(=O)N1CC(CCC(=O)N2CCC3(C2)CN(C(=O)Cc2cnc(C)cn2)c2ccc(C)cc23)C1. The number of carbonyl (C=O) groups is 3. The van der Waals surface area contributed by atoms with Crippen LogP contribution in [0.2, 0.25) is 0 Å². The highest BCUT2D eigenvalue weighted by molar-refractivity contribution is 5.97. The molecule has 2 aromatic rings. The first-order chi connectivity index (χ1) is 16.7. The van der Waals surface area contributed by atoms with Crippen LogP contribution in [-0.2, 0) is 26.2 Å². The standard InChI is InChI=1S/C27H33N5O3/c1-18-4-6-24-23(10-18)27(17-32(24)26(35)11-22-13-28-19(2)12-29-22)8-9-30(16-27)25(34)7-5-21-14-31(15-21)20(3)33/h4,6,10,12-13,21H,5,7-9,11,14-17H2,1-3H3. The van der Waals surface area contributed by atoms with Crippen LogP contribution in [0.15, 0.2) is 30.6 Å². The van der Waals surface area contributed by atoms with Crippen molar-refractivity contribution in [2.75, 3.05) is 37.6 Å². The van der Waals surface area contributed by atoms with E-state index in [1.165, 1.54) is 5.56 Å². The maximum atomic E-state index is 13.3. The smallest absolute Gasteiger partial charge is 0.233 e. The summed E-state index contributed by atoms with van der Waals surface area (Å²) in [6.45, 7) is 9.01. The summed E-state index contributed by atoms with van der Waals surface area (Å²) >= 11 is 0. The molecule has 2 fully saturated rings. The highest BCUT2D eigenvalue weighted by Crippen LogP contribution is 2.47. The van der Waals surface area contributed by atoms with E-state index < -0.39 is 0 Å². The summed E-state index contributed by atoms with van der Waals surface area (Å²) in [4.78, 5) is 52.1. The largest absolute Gasteiger partial charge is 0.342 e. The predicted octanol–water partition coefficient (Wildman–Crippen LogP) is 2.41. The Bertz CT molecular complexity index is 1160. The molecule has 0 aliphatic carbocycles. The van der Waals surface area contributed by atoms with Crippen molar-refractivity contribution in [2.45, 2.75) is 51.9 Å². The molecule has 35 heavy (non-hydrogen) atoms. The number of anilines is 1. The highest BCUT2D eigenvalue weighted by Gasteiger charge is 2.49. The zero-order valence-corrected chi connectivity index (χ0v) is 20.8. The van der Waals surface area contributed by atoms with Gasteiger partial charge in [-0.05, 0) is 44.2 Å². The van der Waals surface area contributed by atoms with Gasteiger partial charge in [0.15, 0.2) is 0 Å². The third-order valence-electron chi connectivity index (χ3n) is 7.82. The van der Waals surface area contributed by atoms with Crippen LogP contribution in [0, 0.1) is 19.8 Å². The number of aromatic nitrogens is 2. The minimum atomic E-state index is -0.229. The van der Waals surface area contributed by atoms with Gasteiger partial charge in [-0.3, -0.25) is 24.4 Å². The number of nitrogens with zero attached hydrogens (tertiary/aromatic N) is 5. The monoisotopic (exact) mass is 475 g/mol. The maximum absolute atomic E-state index is 13.3. The van der Waals surface area contributed by atoms with Gasteiger partial charge in [0.25, 0.3) is 0 Å². The number of benzene rings is 1. The van der Waals surface area contributed by atoms with Gasteiger partial charge in [0.2, 0.25) is 17.7 Å². The van der Waals surface area contributed by atoms with E-state index in [4.69, 9.17) is 0 Å². The molecule has 4 heterocycles. The molecule has 1 aromatic carbocycles. The van der Waals surface area contributed by atoms with Crippen LogP contribution in [0.5, 0.6) is 0 Å². The number of likely N-dealkylation sites (tertiary alicyclic amines) is 2. The van der Waals surface area contributed by atoms with E-state index >= 15 is 0 Å². The number of amides is 3. The van der Waals surface area contributed by atoms with Crippen molar-refractivity contribution in [3.8, 4) is 0 Å². The fourth-order valence-corrected chi connectivity index (χ4v) is 5.70. The average Bonchev–Trinajstić information content (AvgIpc) is 3.36. The Morgan fingerprint density at radius 2 is 1.83 bits per heavy atom. The van der Waals surface area contributed by atoms with Crippen molar-refractivity contribution >= 4 is 23.4 Å². The first kappa shape index (κ1) is 23.5. The van der Waals surface area contributed by atoms with Gasteiger partial charge in [-0.15, -0.1) is 0 Å². The fraction of sp³-hybridized carbons (Fsp3) is 0.519. The summed E-state index contributed by atoms with van der Waals surface area (Å²) in [7, 11) is 0. The Labute approximate surface area is 206 Å². The molecule has 1 aromatic heterocycles. The quantitative estimate of drug-likeness (QED) is 0.663. The molecule has 0 saturated carbocycles. The van der Waals surface area contributed by atoms with E-state index in [0.717, 1.165) is 42.9 Å². The number of rotatable bonds is 5. The van der Waals surface area contributed by atoms with Crippen LogP contribution < -0.4 is 4.90 Å². The number of carbonyl (C=O) groups excluding carboxylic acids is 3. The van der Waals surface area contributed by atoms with Crippen LogP contribution >= 0.6 is 0 Å². The Morgan fingerprint density at radius 3 is 2.54 bits per heavy atom. The molecule has 1 atom stereocenters. The van der Waals surface area contributed by atoms with Gasteiger partial charge in [-0.1, -0.05) is 17.7 Å². The predicted molar refractivity (Wildman–Crippen MR) is 132 cm³/mol. The summed E-state index contributed by atoms with van der Waals surface area (Å²) in [5.74, 6) is 0.719. The normalized spacial score (nSPS) is 21.4. The van der Waals surface area contributed by atoms with Crippen LogP contribution in [0.25, 0.3) is 0 Å². The second-order valence-corrected chi connectivity index (χ2v) is 10.5. The first-order valence-corrected chi connectivity index (χ1v) is 12.5. The fourth-order valence-electron chi connectivity index (χ4n) is 5.70. The molecule has 3 aliphatic rings. The number of hydrogen-bond donors (Lipinski definition) is 0. The molecule has 0 N–H and O–H groups in total. The molecule has 3 aliphatic heterocycles. The van der Waals surface area contributed by atoms with Crippen molar-refractivity contribution in [3.05, 3.63) is 53.1 Å². The third kappa shape index (κ3) is 4.54. The maximum Gasteiger partial charge on any atom is 0.233 e. The van der Waals surface area contributed by atoms with Gasteiger partial charge < -0.3 is 14.7 Å². The van der Waals surface area contributed by atoms with Crippen molar-refractivity contribution < 1.29 is 14.4 Å². The van der Waals surface area contributed by atoms with Crippen molar-refractivity contribution in [2.24, 2.45) is 5.92 Å². The van der Waals surface area contributed by atoms with E-state index in [9.17, 15) is 14.4 Å². The van der Waals surface area contributed by atoms with E-state index in [1.807, 2.05) is 33.8 Å². The minimum Gasteiger partial charge on any atom is -0.342 e. The van der Waals surface area contributed by atoms with Crippen LogP contribution in [-0.4, -0.2) is 70.2 Å². The second-order valence-electron chi connectivity index (χ2n) is 10.5. The summed E-state index contributed by atoms with van der Waals surface area (Å²) < 4.78 is 0. The summed E-state index contributed by atoms with van der Waals surface area (Å²) in [5.41, 5.74) is 4.55. The summed E-state index contributed by atoms with van der Waals surface area (Å²) in [6.07, 6.45) is 5.75. The van der Waals surface area contributed by atoms with Gasteiger partial charge in [0, 0.05) is 69.6 Å². The molecule has 1 unspecified atom stereocenters. The second kappa shape index (κ2) is 9.06. The van der Waals surface area contributed by atoms with Crippen molar-refractivity contribution in [1.29, 1.82) is 0 Å². The molecule has 5 rings (SSSR count). The Balaban J connectivity index is 1.27. The highest BCUT2D eigenvalue weighted by atomic mass is 16.2. The lowest BCUT2D eigenvalue weighted by molar-refractivity contribution is -0.135. The topological polar surface area (TPSA) is 86.7 Å². The number of hydrogen-bond acceptors (Lipinski definition) is 5. The van der Waals surface area contributed by atoms with Gasteiger partial charge in [0.1, 0.15) is 0 Å². The van der Waals surface area contributed by atoms with Crippen LogP contribution in [0.3, 0.4) is 0 Å². The minimum absolute atomic E-state index is 0.00918. The molecule has 0 radical (unpaired) electrons. The molecular formula is C27H33N5O3. The van der Waals surface area contributed by atoms with Gasteiger partial charge in [-0.25, -0.2) is 0 Å². The number of fused-ring (bicyclic) bond motifs is 2. The first-order valence-electron chi connectivity index (χ1n) is 12.5. The zero-order valence-electron chi connectivity index (χ0n) is 20.8. The molecule has 8 nitrogen and oxygen atoms in total. The third-order valence-corrected chi connectivity index (χ3v) is 7.82. The summed E-state index contributed by atoms with van der Waals surface area (Å²) in [5, 5.41) is 0. The number of aryl methyl sites for hydroxylation is 2.